The van der Waals surface area contributed by atoms with Crippen molar-refractivity contribution >= 4 is 29.9 Å². The van der Waals surface area contributed by atoms with Crippen LogP contribution >= 0.6 is 24.0 Å². The monoisotopic (exact) mass is 459 g/mol. The summed E-state index contributed by atoms with van der Waals surface area (Å²) in [5, 5.41) is 14.7. The maximum absolute atomic E-state index is 12.6. The van der Waals surface area contributed by atoms with Gasteiger partial charge in [0.05, 0.1) is 13.2 Å². The van der Waals surface area contributed by atoms with Crippen molar-refractivity contribution in [3.63, 3.8) is 0 Å². The van der Waals surface area contributed by atoms with Gasteiger partial charge in [-0.05, 0) is 13.0 Å². The second-order valence-corrected chi connectivity index (χ2v) is 4.54. The summed E-state index contributed by atoms with van der Waals surface area (Å²) in [7, 11) is 0. The van der Waals surface area contributed by atoms with Crippen LogP contribution < -0.4 is 24.8 Å². The number of nitrogens with zero attached hydrogens (tertiary/aromatic N) is 1. The van der Waals surface area contributed by atoms with Crippen molar-refractivity contribution in [3.05, 3.63) is 17.7 Å². The number of benzene rings is 1. The molecule has 1 aromatic carbocycles. The van der Waals surface area contributed by atoms with Crippen molar-refractivity contribution in [1.29, 1.82) is 0 Å². The van der Waals surface area contributed by atoms with Crippen LogP contribution in [0.5, 0.6) is 17.2 Å². The summed E-state index contributed by atoms with van der Waals surface area (Å²) in [6, 6.07) is 2.94. The molecule has 0 aromatic heterocycles. The molecule has 3 N–H and O–H groups in total. The molecule has 136 valence electrons. The highest BCUT2D eigenvalue weighted by molar-refractivity contribution is 14.0. The fourth-order valence-corrected chi connectivity index (χ4v) is 1.97. The van der Waals surface area contributed by atoms with Crippen LogP contribution in [0.15, 0.2) is 17.1 Å². The molecule has 0 bridgehead atoms. The summed E-state index contributed by atoms with van der Waals surface area (Å²) in [4.78, 5) is 4.28. The zero-order chi connectivity index (χ0) is 16.7. The molecule has 2 rings (SSSR count). The van der Waals surface area contributed by atoms with Crippen LogP contribution in [-0.2, 0) is 6.54 Å². The minimum Gasteiger partial charge on any atom is -0.454 e. The van der Waals surface area contributed by atoms with Gasteiger partial charge in [0.15, 0.2) is 17.5 Å². The van der Waals surface area contributed by atoms with E-state index in [1.54, 1.807) is 6.07 Å². The number of aliphatic hydroxyl groups is 1. The van der Waals surface area contributed by atoms with E-state index in [0.717, 1.165) is 0 Å². The van der Waals surface area contributed by atoms with Crippen LogP contribution in [0.4, 0.5) is 8.78 Å². The molecule has 0 fully saturated rings. The van der Waals surface area contributed by atoms with Gasteiger partial charge in [0.25, 0.3) is 0 Å². The van der Waals surface area contributed by atoms with Crippen molar-refractivity contribution in [1.82, 2.24) is 10.6 Å². The van der Waals surface area contributed by atoms with Crippen LogP contribution in [0.25, 0.3) is 0 Å². The lowest BCUT2D eigenvalue weighted by Crippen LogP contribution is -2.38. The number of guanidine groups is 1. The molecule has 0 atom stereocenters. The molecule has 10 heteroatoms. The molecule has 0 radical (unpaired) electrons. The number of fused-ring (bicyclic) bond motifs is 1. The van der Waals surface area contributed by atoms with Gasteiger partial charge in [-0.3, -0.25) is 0 Å². The van der Waals surface area contributed by atoms with Crippen molar-refractivity contribution in [2.45, 2.75) is 20.1 Å². The minimum absolute atomic E-state index is 0. The first-order valence-corrected chi connectivity index (χ1v) is 7.14. The number of ether oxygens (including phenoxy) is 3. The Hall–Kier alpha value is -1.56. The molecule has 1 aromatic rings. The SMILES string of the molecule is CCNC(=NCc1cc2c(cc1OC(F)F)OCO2)NCCO.I. The number of aliphatic imine (C=N–C) groups is 1. The van der Waals surface area contributed by atoms with Gasteiger partial charge in [0.1, 0.15) is 5.75 Å². The zero-order valence-electron chi connectivity index (χ0n) is 13.1. The number of hydrogen-bond donors (Lipinski definition) is 3. The highest BCUT2D eigenvalue weighted by atomic mass is 127. The first-order chi connectivity index (χ1) is 11.1. The molecular formula is C14H20F2IN3O4. The number of aliphatic hydroxyl groups excluding tert-OH is 1. The maximum Gasteiger partial charge on any atom is 0.387 e. The second-order valence-electron chi connectivity index (χ2n) is 4.54. The van der Waals surface area contributed by atoms with E-state index in [-0.39, 0.29) is 49.7 Å². The maximum atomic E-state index is 12.6. The van der Waals surface area contributed by atoms with Gasteiger partial charge in [-0.25, -0.2) is 4.99 Å². The molecule has 24 heavy (non-hydrogen) atoms. The van der Waals surface area contributed by atoms with Crippen molar-refractivity contribution in [3.8, 4) is 17.2 Å². The Labute approximate surface area is 155 Å². The van der Waals surface area contributed by atoms with Crippen LogP contribution in [0.1, 0.15) is 12.5 Å². The van der Waals surface area contributed by atoms with Gasteiger partial charge in [0, 0.05) is 24.7 Å². The zero-order valence-corrected chi connectivity index (χ0v) is 15.4. The standard InChI is InChI=1S/C14H19F2N3O4.HI/c1-2-17-14(18-3-4-20)19-7-9-5-11-12(22-8-21-11)6-10(9)23-13(15)16;/h5-6,13,20H,2-4,7-8H2,1H3,(H2,17,18,19);1H. The average Bonchev–Trinajstić information content (AvgIpc) is 2.96. The van der Waals surface area contributed by atoms with Crippen LogP contribution in [0.3, 0.4) is 0 Å². The van der Waals surface area contributed by atoms with E-state index in [4.69, 9.17) is 14.6 Å². The Bertz CT molecular complexity index is 561. The Morgan fingerprint density at radius 3 is 2.67 bits per heavy atom. The molecule has 0 unspecified atom stereocenters. The Morgan fingerprint density at radius 2 is 2.04 bits per heavy atom. The molecule has 1 aliphatic rings. The normalized spacial score (nSPS) is 12.8. The summed E-state index contributed by atoms with van der Waals surface area (Å²) in [5.74, 6) is 1.28. The second kappa shape index (κ2) is 10.3. The summed E-state index contributed by atoms with van der Waals surface area (Å²) in [5.41, 5.74) is 0.441. The number of alkyl halides is 2. The van der Waals surface area contributed by atoms with Crippen LogP contribution in [-0.4, -0.2) is 44.2 Å². The van der Waals surface area contributed by atoms with Gasteiger partial charge in [-0.2, -0.15) is 8.78 Å². The Morgan fingerprint density at radius 1 is 1.33 bits per heavy atom. The van der Waals surface area contributed by atoms with Gasteiger partial charge >= 0.3 is 6.61 Å². The van der Waals surface area contributed by atoms with Crippen molar-refractivity contribution in [2.24, 2.45) is 4.99 Å². The lowest BCUT2D eigenvalue weighted by molar-refractivity contribution is -0.0505. The van der Waals surface area contributed by atoms with Gasteiger partial charge in [0.2, 0.25) is 6.79 Å². The predicted octanol–water partition coefficient (Wildman–Crippen LogP) is 1.68. The molecule has 0 amide bonds. The van der Waals surface area contributed by atoms with Gasteiger partial charge in [-0.15, -0.1) is 24.0 Å². The summed E-state index contributed by atoms with van der Waals surface area (Å²) in [6.45, 7) is -0.0162. The average molecular weight is 459 g/mol. The molecule has 7 nitrogen and oxygen atoms in total. The number of rotatable bonds is 7. The van der Waals surface area contributed by atoms with E-state index in [2.05, 4.69) is 20.4 Å². The van der Waals surface area contributed by atoms with E-state index in [1.165, 1.54) is 6.07 Å². The van der Waals surface area contributed by atoms with Gasteiger partial charge < -0.3 is 30.0 Å². The van der Waals surface area contributed by atoms with E-state index in [9.17, 15) is 8.78 Å². The fourth-order valence-electron chi connectivity index (χ4n) is 1.97. The minimum atomic E-state index is -2.95. The molecule has 0 saturated heterocycles. The quantitative estimate of drug-likeness (QED) is 0.327. The molecule has 1 heterocycles. The number of halogens is 3. The first-order valence-electron chi connectivity index (χ1n) is 7.14. The van der Waals surface area contributed by atoms with Crippen LogP contribution in [0.2, 0.25) is 0 Å². The lowest BCUT2D eigenvalue weighted by atomic mass is 10.1. The lowest BCUT2D eigenvalue weighted by Gasteiger charge is -2.13. The third kappa shape index (κ3) is 5.82. The Balaban J connectivity index is 0.00000288. The number of hydrogen-bond acceptors (Lipinski definition) is 5. The highest BCUT2D eigenvalue weighted by Gasteiger charge is 2.20. The van der Waals surface area contributed by atoms with E-state index in [1.807, 2.05) is 6.92 Å². The molecule has 0 spiro atoms. The summed E-state index contributed by atoms with van der Waals surface area (Å²) >= 11 is 0. The third-order valence-electron chi connectivity index (χ3n) is 2.93. The van der Waals surface area contributed by atoms with Gasteiger partial charge in [-0.1, -0.05) is 0 Å². The third-order valence-corrected chi connectivity index (χ3v) is 2.93. The topological polar surface area (TPSA) is 84.3 Å². The van der Waals surface area contributed by atoms with E-state index < -0.39 is 6.61 Å². The largest absolute Gasteiger partial charge is 0.454 e. The van der Waals surface area contributed by atoms with Crippen molar-refractivity contribution in [2.75, 3.05) is 26.5 Å². The summed E-state index contributed by atoms with van der Waals surface area (Å²) in [6.07, 6.45) is 0. The van der Waals surface area contributed by atoms with Crippen molar-refractivity contribution < 1.29 is 28.1 Å². The van der Waals surface area contributed by atoms with E-state index >= 15 is 0 Å². The molecular weight excluding hydrogens is 439 g/mol. The molecule has 1 aliphatic heterocycles. The molecule has 0 aliphatic carbocycles. The predicted molar refractivity (Wildman–Crippen MR) is 94.5 cm³/mol. The number of nitrogens with one attached hydrogen (secondary N) is 2. The molecule has 0 saturated carbocycles. The van der Waals surface area contributed by atoms with Crippen LogP contribution in [0, 0.1) is 0 Å². The van der Waals surface area contributed by atoms with E-state index in [0.29, 0.717) is 36.1 Å². The smallest absolute Gasteiger partial charge is 0.387 e. The Kier molecular flexibility index (Phi) is 8.82. The first kappa shape index (κ1) is 20.5. The summed E-state index contributed by atoms with van der Waals surface area (Å²) < 4.78 is 40.0. The fraction of sp³-hybridized carbons (Fsp3) is 0.500. The highest BCUT2D eigenvalue weighted by Crippen LogP contribution is 2.38.